The van der Waals surface area contributed by atoms with E-state index in [1.807, 2.05) is 0 Å². The van der Waals surface area contributed by atoms with E-state index in [1.54, 1.807) is 19.2 Å². The molecule has 0 N–H and O–H groups in total. The van der Waals surface area contributed by atoms with Crippen LogP contribution in [-0.2, 0) is 0 Å². The number of methoxy groups -OCH3 is 1. The highest BCUT2D eigenvalue weighted by Crippen LogP contribution is 2.24. The van der Waals surface area contributed by atoms with Crippen LogP contribution in [-0.4, -0.2) is 43.3 Å². The van der Waals surface area contributed by atoms with Crippen molar-refractivity contribution in [3.63, 3.8) is 0 Å². The summed E-state index contributed by atoms with van der Waals surface area (Å²) in [5.41, 5.74) is 1.14. The molecule has 7 heteroatoms. The fourth-order valence-electron chi connectivity index (χ4n) is 2.66. The number of hydrogen-bond acceptors (Lipinski definition) is 6. The van der Waals surface area contributed by atoms with Crippen LogP contribution in [0.4, 0.5) is 15.9 Å². The van der Waals surface area contributed by atoms with Gasteiger partial charge in [0.15, 0.2) is 0 Å². The molecule has 1 fully saturated rings. The van der Waals surface area contributed by atoms with Gasteiger partial charge in [-0.1, -0.05) is 0 Å². The SMILES string of the molecule is COc1cc(N2CCN(c3ccc(F)cc3C#N)CC2)ncn1. The third kappa shape index (κ3) is 3.16. The Balaban J connectivity index is 1.72. The molecule has 1 aromatic carbocycles. The van der Waals surface area contributed by atoms with Gasteiger partial charge in [0.2, 0.25) is 5.88 Å². The van der Waals surface area contributed by atoms with E-state index in [-0.39, 0.29) is 0 Å². The second-order valence-corrected chi connectivity index (χ2v) is 5.17. The summed E-state index contributed by atoms with van der Waals surface area (Å²) in [7, 11) is 1.57. The number of nitrogens with zero attached hydrogens (tertiary/aromatic N) is 5. The Morgan fingerprint density at radius 2 is 1.87 bits per heavy atom. The fourth-order valence-corrected chi connectivity index (χ4v) is 2.66. The molecule has 1 aromatic heterocycles. The van der Waals surface area contributed by atoms with Crippen LogP contribution in [0, 0.1) is 17.1 Å². The number of ether oxygens (including phenoxy) is 1. The molecular formula is C16H16FN5O. The molecule has 0 aliphatic carbocycles. The van der Waals surface area contributed by atoms with Gasteiger partial charge in [-0.15, -0.1) is 0 Å². The van der Waals surface area contributed by atoms with Crippen LogP contribution < -0.4 is 14.5 Å². The number of halogens is 1. The molecule has 0 amide bonds. The first-order valence-corrected chi connectivity index (χ1v) is 7.27. The van der Waals surface area contributed by atoms with E-state index < -0.39 is 5.82 Å². The summed E-state index contributed by atoms with van der Waals surface area (Å²) in [6.07, 6.45) is 1.48. The summed E-state index contributed by atoms with van der Waals surface area (Å²) in [4.78, 5) is 12.5. The van der Waals surface area contributed by atoms with Gasteiger partial charge >= 0.3 is 0 Å². The number of aromatic nitrogens is 2. The van der Waals surface area contributed by atoms with Crippen molar-refractivity contribution in [1.29, 1.82) is 5.26 Å². The lowest BCUT2D eigenvalue weighted by atomic mass is 10.1. The van der Waals surface area contributed by atoms with Crippen molar-refractivity contribution in [2.75, 3.05) is 43.1 Å². The van der Waals surface area contributed by atoms with Gasteiger partial charge in [0, 0.05) is 32.2 Å². The molecule has 0 bridgehead atoms. The summed E-state index contributed by atoms with van der Waals surface area (Å²) >= 11 is 0. The predicted molar refractivity (Wildman–Crippen MR) is 84.1 cm³/mol. The summed E-state index contributed by atoms with van der Waals surface area (Å²) in [6, 6.07) is 8.18. The van der Waals surface area contributed by atoms with E-state index in [0.717, 1.165) is 37.7 Å². The van der Waals surface area contributed by atoms with Crippen molar-refractivity contribution in [3.05, 3.63) is 42.0 Å². The molecule has 0 spiro atoms. The van der Waals surface area contributed by atoms with E-state index in [0.29, 0.717) is 11.4 Å². The Hall–Kier alpha value is -2.88. The van der Waals surface area contributed by atoms with E-state index in [9.17, 15) is 9.65 Å². The van der Waals surface area contributed by atoms with Crippen LogP contribution in [0.5, 0.6) is 5.88 Å². The molecule has 1 aliphatic heterocycles. The molecule has 1 aliphatic rings. The van der Waals surface area contributed by atoms with Gasteiger partial charge in [0.25, 0.3) is 0 Å². The zero-order valence-electron chi connectivity index (χ0n) is 12.7. The van der Waals surface area contributed by atoms with E-state index in [1.165, 1.54) is 18.5 Å². The van der Waals surface area contributed by atoms with Crippen LogP contribution in [0.1, 0.15) is 5.56 Å². The quantitative estimate of drug-likeness (QED) is 0.861. The minimum Gasteiger partial charge on any atom is -0.481 e. The number of hydrogen-bond donors (Lipinski definition) is 0. The molecule has 1 saturated heterocycles. The summed E-state index contributed by atoms with van der Waals surface area (Å²) < 4.78 is 18.4. The van der Waals surface area contributed by atoms with Crippen molar-refractivity contribution in [1.82, 2.24) is 9.97 Å². The molecule has 0 unspecified atom stereocenters. The molecule has 2 heterocycles. The molecule has 118 valence electrons. The molecule has 23 heavy (non-hydrogen) atoms. The van der Waals surface area contributed by atoms with Gasteiger partial charge in [-0.3, -0.25) is 0 Å². The molecule has 0 atom stereocenters. The van der Waals surface area contributed by atoms with Crippen molar-refractivity contribution >= 4 is 11.5 Å². The first-order valence-electron chi connectivity index (χ1n) is 7.27. The van der Waals surface area contributed by atoms with Gasteiger partial charge in [-0.25, -0.2) is 14.4 Å². The predicted octanol–water partition coefficient (Wildman–Crippen LogP) is 1.82. The van der Waals surface area contributed by atoms with Crippen LogP contribution >= 0.6 is 0 Å². The zero-order chi connectivity index (χ0) is 16.2. The standard InChI is InChI=1S/C16H16FN5O/c1-23-16-9-15(19-11-20-16)22-6-4-21(5-7-22)14-3-2-13(17)8-12(14)10-18/h2-3,8-9,11H,4-7H2,1H3. The van der Waals surface area contributed by atoms with Crippen LogP contribution in [0.25, 0.3) is 0 Å². The zero-order valence-corrected chi connectivity index (χ0v) is 12.7. The maximum absolute atomic E-state index is 13.3. The van der Waals surface area contributed by atoms with Crippen molar-refractivity contribution in [3.8, 4) is 11.9 Å². The van der Waals surface area contributed by atoms with Crippen LogP contribution in [0.3, 0.4) is 0 Å². The fraction of sp³-hybridized carbons (Fsp3) is 0.312. The Kier molecular flexibility index (Phi) is 4.24. The lowest BCUT2D eigenvalue weighted by Gasteiger charge is -2.37. The van der Waals surface area contributed by atoms with Crippen molar-refractivity contribution in [2.45, 2.75) is 0 Å². The summed E-state index contributed by atoms with van der Waals surface area (Å²) in [6.45, 7) is 2.96. The van der Waals surface area contributed by atoms with Gasteiger partial charge in [0.05, 0.1) is 18.4 Å². The number of nitriles is 1. The molecule has 2 aromatic rings. The van der Waals surface area contributed by atoms with E-state index >= 15 is 0 Å². The van der Waals surface area contributed by atoms with E-state index in [4.69, 9.17) is 4.74 Å². The average molecular weight is 313 g/mol. The van der Waals surface area contributed by atoms with Gasteiger partial charge in [0.1, 0.15) is 24.0 Å². The minimum atomic E-state index is -0.392. The highest BCUT2D eigenvalue weighted by molar-refractivity contribution is 5.60. The van der Waals surface area contributed by atoms with Crippen molar-refractivity contribution < 1.29 is 9.13 Å². The Bertz CT molecular complexity index is 737. The Morgan fingerprint density at radius 1 is 1.13 bits per heavy atom. The first kappa shape index (κ1) is 15.0. The topological polar surface area (TPSA) is 65.3 Å². The molecule has 3 rings (SSSR count). The third-order valence-electron chi connectivity index (χ3n) is 3.86. The Labute approximate surface area is 133 Å². The highest BCUT2D eigenvalue weighted by atomic mass is 19.1. The highest BCUT2D eigenvalue weighted by Gasteiger charge is 2.21. The van der Waals surface area contributed by atoms with Crippen molar-refractivity contribution in [2.24, 2.45) is 0 Å². The lowest BCUT2D eigenvalue weighted by molar-refractivity contribution is 0.396. The summed E-state index contributed by atoms with van der Waals surface area (Å²) in [5.74, 6) is 0.955. The summed E-state index contributed by atoms with van der Waals surface area (Å²) in [5, 5.41) is 9.18. The molecular weight excluding hydrogens is 297 g/mol. The second-order valence-electron chi connectivity index (χ2n) is 5.17. The number of anilines is 2. The average Bonchev–Trinajstić information content (AvgIpc) is 2.62. The lowest BCUT2D eigenvalue weighted by Crippen LogP contribution is -2.47. The monoisotopic (exact) mass is 313 g/mol. The minimum absolute atomic E-state index is 0.363. The number of benzene rings is 1. The van der Waals surface area contributed by atoms with Gasteiger partial charge in [-0.05, 0) is 18.2 Å². The Morgan fingerprint density at radius 3 is 2.57 bits per heavy atom. The first-order chi connectivity index (χ1) is 11.2. The van der Waals surface area contributed by atoms with Crippen LogP contribution in [0.15, 0.2) is 30.6 Å². The largest absolute Gasteiger partial charge is 0.481 e. The third-order valence-corrected chi connectivity index (χ3v) is 3.86. The molecule has 6 nitrogen and oxygen atoms in total. The normalized spacial score (nSPS) is 14.5. The molecule has 0 saturated carbocycles. The van der Waals surface area contributed by atoms with Gasteiger partial charge < -0.3 is 14.5 Å². The molecule has 0 radical (unpaired) electrons. The second kappa shape index (κ2) is 6.48. The van der Waals surface area contributed by atoms with E-state index in [2.05, 4.69) is 25.8 Å². The smallest absolute Gasteiger partial charge is 0.218 e. The van der Waals surface area contributed by atoms with Gasteiger partial charge in [-0.2, -0.15) is 5.26 Å². The maximum atomic E-state index is 13.3. The number of piperazine rings is 1. The van der Waals surface area contributed by atoms with Crippen LogP contribution in [0.2, 0.25) is 0 Å². The maximum Gasteiger partial charge on any atom is 0.218 e. The number of rotatable bonds is 3.